The second-order valence-electron chi connectivity index (χ2n) is 3.88. The van der Waals surface area contributed by atoms with Crippen LogP contribution in [-0.2, 0) is 17.8 Å². The van der Waals surface area contributed by atoms with Crippen molar-refractivity contribution in [1.29, 1.82) is 0 Å². The lowest BCUT2D eigenvalue weighted by molar-refractivity contribution is 0.0525. The van der Waals surface area contributed by atoms with Gasteiger partial charge in [-0.25, -0.2) is 14.3 Å². The highest BCUT2D eigenvalue weighted by Gasteiger charge is 2.10. The first kappa shape index (κ1) is 13.7. The van der Waals surface area contributed by atoms with Gasteiger partial charge in [-0.05, 0) is 6.92 Å². The summed E-state index contributed by atoms with van der Waals surface area (Å²) in [5.41, 5.74) is 0.259. The van der Waals surface area contributed by atoms with E-state index in [0.29, 0.717) is 25.3 Å². The standard InChI is InChI=1S/C11H13N5O4/c1-2-20-11(19)8-5-12-15(6-8)3-4-16-7-9(10(17)18)13-14-16/h5-7H,2-4H2,1H3,(H,17,18). The van der Waals surface area contributed by atoms with E-state index in [2.05, 4.69) is 15.4 Å². The van der Waals surface area contributed by atoms with Crippen LogP contribution in [0.1, 0.15) is 27.8 Å². The highest BCUT2D eigenvalue weighted by atomic mass is 16.5. The van der Waals surface area contributed by atoms with Crippen molar-refractivity contribution in [3.63, 3.8) is 0 Å². The molecule has 0 atom stereocenters. The summed E-state index contributed by atoms with van der Waals surface area (Å²) in [7, 11) is 0. The maximum absolute atomic E-state index is 11.4. The highest BCUT2D eigenvalue weighted by Crippen LogP contribution is 2.01. The Bertz CT molecular complexity index is 618. The van der Waals surface area contributed by atoms with E-state index in [-0.39, 0.29) is 5.69 Å². The van der Waals surface area contributed by atoms with Gasteiger partial charge in [0, 0.05) is 6.20 Å². The van der Waals surface area contributed by atoms with E-state index in [1.54, 1.807) is 17.8 Å². The number of aryl methyl sites for hydroxylation is 2. The largest absolute Gasteiger partial charge is 0.476 e. The van der Waals surface area contributed by atoms with Gasteiger partial charge in [0.05, 0.1) is 37.7 Å². The molecule has 0 spiro atoms. The fraction of sp³-hybridized carbons (Fsp3) is 0.364. The molecular formula is C11H13N5O4. The number of carboxylic acid groups (broad SMARTS) is 1. The summed E-state index contributed by atoms with van der Waals surface area (Å²) < 4.78 is 7.80. The average Bonchev–Trinajstić information content (AvgIpc) is 3.06. The molecule has 2 aromatic heterocycles. The van der Waals surface area contributed by atoms with E-state index in [0.717, 1.165) is 0 Å². The Labute approximate surface area is 113 Å². The zero-order valence-corrected chi connectivity index (χ0v) is 10.8. The Kier molecular flexibility index (Phi) is 4.08. The van der Waals surface area contributed by atoms with Crippen molar-refractivity contribution in [2.75, 3.05) is 6.61 Å². The summed E-state index contributed by atoms with van der Waals surface area (Å²) in [6.07, 6.45) is 4.31. The molecule has 0 aliphatic rings. The smallest absolute Gasteiger partial charge is 0.358 e. The van der Waals surface area contributed by atoms with Crippen LogP contribution in [0, 0.1) is 0 Å². The third-order valence-corrected chi connectivity index (χ3v) is 2.46. The number of esters is 1. The number of hydrogen-bond acceptors (Lipinski definition) is 6. The second kappa shape index (κ2) is 5.95. The molecule has 9 heteroatoms. The van der Waals surface area contributed by atoms with Crippen molar-refractivity contribution in [2.24, 2.45) is 0 Å². The maximum atomic E-state index is 11.4. The Morgan fingerprint density at radius 3 is 2.70 bits per heavy atom. The molecule has 20 heavy (non-hydrogen) atoms. The molecule has 0 fully saturated rings. The number of aromatic nitrogens is 5. The summed E-state index contributed by atoms with van der Waals surface area (Å²) in [5.74, 6) is -1.55. The molecule has 2 aromatic rings. The number of ether oxygens (including phenoxy) is 1. The molecule has 0 saturated carbocycles. The molecule has 0 unspecified atom stereocenters. The summed E-state index contributed by atoms with van der Waals surface area (Å²) in [6, 6.07) is 0. The van der Waals surface area contributed by atoms with Gasteiger partial charge in [0.15, 0.2) is 5.69 Å². The van der Waals surface area contributed by atoms with Crippen LogP contribution in [0.2, 0.25) is 0 Å². The summed E-state index contributed by atoms with van der Waals surface area (Å²) in [5, 5.41) is 19.9. The zero-order chi connectivity index (χ0) is 14.5. The number of hydrogen-bond donors (Lipinski definition) is 1. The van der Waals surface area contributed by atoms with Crippen LogP contribution in [0.25, 0.3) is 0 Å². The Morgan fingerprint density at radius 2 is 2.05 bits per heavy atom. The number of carboxylic acids is 1. The monoisotopic (exact) mass is 279 g/mol. The third kappa shape index (κ3) is 3.19. The van der Waals surface area contributed by atoms with Crippen LogP contribution < -0.4 is 0 Å². The first-order valence-electron chi connectivity index (χ1n) is 5.93. The minimum atomic E-state index is -1.13. The molecule has 106 valence electrons. The van der Waals surface area contributed by atoms with Crippen molar-refractivity contribution in [3.8, 4) is 0 Å². The summed E-state index contributed by atoms with van der Waals surface area (Å²) in [6.45, 7) is 2.86. The molecule has 9 nitrogen and oxygen atoms in total. The fourth-order valence-corrected chi connectivity index (χ4v) is 1.52. The van der Waals surface area contributed by atoms with Crippen LogP contribution in [-0.4, -0.2) is 48.4 Å². The summed E-state index contributed by atoms with van der Waals surface area (Å²) >= 11 is 0. The van der Waals surface area contributed by atoms with Gasteiger partial charge in [-0.1, -0.05) is 5.21 Å². The molecule has 1 N–H and O–H groups in total. The maximum Gasteiger partial charge on any atom is 0.358 e. The topological polar surface area (TPSA) is 112 Å². The van der Waals surface area contributed by atoms with Gasteiger partial charge in [-0.2, -0.15) is 5.10 Å². The van der Waals surface area contributed by atoms with Crippen LogP contribution in [0.4, 0.5) is 0 Å². The van der Waals surface area contributed by atoms with Crippen molar-refractivity contribution >= 4 is 11.9 Å². The van der Waals surface area contributed by atoms with E-state index in [9.17, 15) is 9.59 Å². The van der Waals surface area contributed by atoms with Gasteiger partial charge in [-0.3, -0.25) is 4.68 Å². The van der Waals surface area contributed by atoms with E-state index >= 15 is 0 Å². The van der Waals surface area contributed by atoms with Crippen LogP contribution >= 0.6 is 0 Å². The Balaban J connectivity index is 1.93. The van der Waals surface area contributed by atoms with Crippen molar-refractivity contribution in [1.82, 2.24) is 24.8 Å². The zero-order valence-electron chi connectivity index (χ0n) is 10.8. The van der Waals surface area contributed by atoms with Crippen molar-refractivity contribution in [2.45, 2.75) is 20.0 Å². The predicted octanol–water partition coefficient (Wildman–Crippen LogP) is 0.0497. The van der Waals surface area contributed by atoms with E-state index in [4.69, 9.17) is 9.84 Å². The molecule has 0 amide bonds. The minimum Gasteiger partial charge on any atom is -0.476 e. The molecule has 0 aliphatic carbocycles. The lowest BCUT2D eigenvalue weighted by Crippen LogP contribution is -2.09. The average molecular weight is 279 g/mol. The molecule has 0 saturated heterocycles. The van der Waals surface area contributed by atoms with Gasteiger partial charge < -0.3 is 9.84 Å². The molecule has 2 rings (SSSR count). The van der Waals surface area contributed by atoms with Crippen LogP contribution in [0.15, 0.2) is 18.6 Å². The molecule has 0 aromatic carbocycles. The molecule has 0 bridgehead atoms. The van der Waals surface area contributed by atoms with Crippen molar-refractivity contribution < 1.29 is 19.4 Å². The number of rotatable bonds is 6. The highest BCUT2D eigenvalue weighted by molar-refractivity contribution is 5.88. The second-order valence-corrected chi connectivity index (χ2v) is 3.88. The SMILES string of the molecule is CCOC(=O)c1cnn(CCn2cc(C(=O)O)nn2)c1. The minimum absolute atomic E-state index is 0.113. The van der Waals surface area contributed by atoms with E-state index < -0.39 is 11.9 Å². The lowest BCUT2D eigenvalue weighted by atomic mass is 10.4. The number of nitrogens with zero attached hydrogens (tertiary/aromatic N) is 5. The molecule has 0 radical (unpaired) electrons. The first-order chi connectivity index (χ1) is 9.60. The number of carbonyl (C=O) groups excluding carboxylic acids is 1. The fourth-order valence-electron chi connectivity index (χ4n) is 1.52. The quantitative estimate of drug-likeness (QED) is 0.743. The number of aromatic carboxylic acids is 1. The van der Waals surface area contributed by atoms with Gasteiger partial charge in [0.25, 0.3) is 0 Å². The Morgan fingerprint density at radius 1 is 1.30 bits per heavy atom. The number of carbonyl (C=O) groups is 2. The van der Waals surface area contributed by atoms with Gasteiger partial charge >= 0.3 is 11.9 Å². The van der Waals surface area contributed by atoms with E-state index in [1.165, 1.54) is 17.1 Å². The molecular weight excluding hydrogens is 266 g/mol. The van der Waals surface area contributed by atoms with Gasteiger partial charge in [0.1, 0.15) is 0 Å². The first-order valence-corrected chi connectivity index (χ1v) is 5.93. The Hall–Kier alpha value is -2.71. The summed E-state index contributed by atoms with van der Waals surface area (Å²) in [4.78, 5) is 22.1. The van der Waals surface area contributed by atoms with Crippen molar-refractivity contribution in [3.05, 3.63) is 29.8 Å². The van der Waals surface area contributed by atoms with Gasteiger partial charge in [0.2, 0.25) is 0 Å². The van der Waals surface area contributed by atoms with Gasteiger partial charge in [-0.15, -0.1) is 5.10 Å². The lowest BCUT2D eigenvalue weighted by Gasteiger charge is -2.00. The molecule has 0 aliphatic heterocycles. The normalized spacial score (nSPS) is 10.4. The molecule has 2 heterocycles. The van der Waals surface area contributed by atoms with Crippen LogP contribution in [0.5, 0.6) is 0 Å². The van der Waals surface area contributed by atoms with Crippen LogP contribution in [0.3, 0.4) is 0 Å². The third-order valence-electron chi connectivity index (χ3n) is 2.46. The van der Waals surface area contributed by atoms with E-state index in [1.807, 2.05) is 0 Å². The predicted molar refractivity (Wildman–Crippen MR) is 65.2 cm³/mol.